The number of hydrogen-bond donors (Lipinski definition) is 1. The molecule has 2 aliphatic rings. The molecule has 80 valence electrons. The van der Waals surface area contributed by atoms with Gasteiger partial charge < -0.3 is 10.2 Å². The van der Waals surface area contributed by atoms with E-state index in [1.54, 1.807) is 0 Å². The fraction of sp³-hybridized carbons (Fsp3) is 0.909. The SMILES string of the molecule is CN(CC1CCC1)C(=O)C1CCCN1. The Morgan fingerprint density at radius 3 is 2.64 bits per heavy atom. The highest BCUT2D eigenvalue weighted by Gasteiger charge is 2.27. The minimum atomic E-state index is 0.111. The molecule has 1 saturated heterocycles. The molecule has 3 nitrogen and oxygen atoms in total. The fourth-order valence-corrected chi connectivity index (χ4v) is 2.31. The van der Waals surface area contributed by atoms with Crippen LogP contribution >= 0.6 is 0 Å². The Kier molecular flexibility index (Phi) is 3.06. The van der Waals surface area contributed by atoms with Crippen LogP contribution in [0.1, 0.15) is 32.1 Å². The van der Waals surface area contributed by atoms with E-state index in [9.17, 15) is 4.79 Å². The summed E-state index contributed by atoms with van der Waals surface area (Å²) >= 11 is 0. The lowest BCUT2D eigenvalue weighted by Crippen LogP contribution is -2.44. The van der Waals surface area contributed by atoms with E-state index >= 15 is 0 Å². The van der Waals surface area contributed by atoms with E-state index in [0.29, 0.717) is 5.91 Å². The molecule has 2 fully saturated rings. The molecule has 0 spiro atoms. The second kappa shape index (κ2) is 4.30. The summed E-state index contributed by atoms with van der Waals surface area (Å²) in [5.41, 5.74) is 0. The van der Waals surface area contributed by atoms with Crippen LogP contribution in [0.2, 0.25) is 0 Å². The highest BCUT2D eigenvalue weighted by molar-refractivity contribution is 5.81. The zero-order valence-electron chi connectivity index (χ0n) is 8.96. The number of hydrogen-bond acceptors (Lipinski definition) is 2. The van der Waals surface area contributed by atoms with E-state index in [0.717, 1.165) is 31.8 Å². The zero-order valence-corrected chi connectivity index (χ0v) is 8.96. The average molecular weight is 196 g/mol. The number of carbonyl (C=O) groups excluding carboxylic acids is 1. The minimum Gasteiger partial charge on any atom is -0.344 e. The van der Waals surface area contributed by atoms with Crippen LogP contribution in [-0.4, -0.2) is 37.0 Å². The Morgan fingerprint density at radius 2 is 2.14 bits per heavy atom. The molecule has 0 aromatic carbocycles. The highest BCUT2D eigenvalue weighted by atomic mass is 16.2. The van der Waals surface area contributed by atoms with Crippen LogP contribution < -0.4 is 5.32 Å². The third kappa shape index (κ3) is 2.08. The highest BCUT2D eigenvalue weighted by Crippen LogP contribution is 2.27. The predicted molar refractivity (Wildman–Crippen MR) is 56.0 cm³/mol. The molecular formula is C11H20N2O. The molecule has 3 heteroatoms. The van der Waals surface area contributed by atoms with Crippen LogP contribution in [0, 0.1) is 5.92 Å². The average Bonchev–Trinajstić information content (AvgIpc) is 2.62. The maximum atomic E-state index is 11.9. The van der Waals surface area contributed by atoms with Gasteiger partial charge in [-0.1, -0.05) is 6.42 Å². The molecule has 1 aliphatic carbocycles. The Bertz CT molecular complexity index is 207. The van der Waals surface area contributed by atoms with Gasteiger partial charge in [-0.15, -0.1) is 0 Å². The van der Waals surface area contributed by atoms with Gasteiger partial charge >= 0.3 is 0 Å². The zero-order chi connectivity index (χ0) is 9.97. The van der Waals surface area contributed by atoms with Crippen LogP contribution in [0.4, 0.5) is 0 Å². The van der Waals surface area contributed by atoms with Crippen molar-refractivity contribution in [2.75, 3.05) is 20.1 Å². The number of carbonyl (C=O) groups is 1. The second-order valence-electron chi connectivity index (χ2n) is 4.66. The van der Waals surface area contributed by atoms with E-state index in [1.807, 2.05) is 11.9 Å². The van der Waals surface area contributed by atoms with Crippen molar-refractivity contribution in [2.24, 2.45) is 5.92 Å². The maximum absolute atomic E-state index is 11.9. The number of nitrogens with one attached hydrogen (secondary N) is 1. The van der Waals surface area contributed by atoms with Crippen LogP contribution in [0.15, 0.2) is 0 Å². The third-order valence-corrected chi connectivity index (χ3v) is 3.49. The normalized spacial score (nSPS) is 27.4. The van der Waals surface area contributed by atoms with Crippen molar-refractivity contribution in [3.05, 3.63) is 0 Å². The van der Waals surface area contributed by atoms with Gasteiger partial charge in [0.15, 0.2) is 0 Å². The summed E-state index contributed by atoms with van der Waals surface area (Å²) in [5.74, 6) is 1.08. The Balaban J connectivity index is 1.77. The Hall–Kier alpha value is -0.570. The van der Waals surface area contributed by atoms with E-state index < -0.39 is 0 Å². The van der Waals surface area contributed by atoms with Crippen molar-refractivity contribution in [1.82, 2.24) is 10.2 Å². The van der Waals surface area contributed by atoms with Crippen molar-refractivity contribution in [2.45, 2.75) is 38.1 Å². The number of amides is 1. The summed E-state index contributed by atoms with van der Waals surface area (Å²) < 4.78 is 0. The lowest BCUT2D eigenvalue weighted by atomic mass is 9.85. The van der Waals surface area contributed by atoms with E-state index in [-0.39, 0.29) is 6.04 Å². The molecule has 0 bridgehead atoms. The van der Waals surface area contributed by atoms with Gasteiger partial charge in [0, 0.05) is 13.6 Å². The lowest BCUT2D eigenvalue weighted by Gasteiger charge is -2.31. The molecule has 1 atom stereocenters. The summed E-state index contributed by atoms with van der Waals surface area (Å²) in [6.45, 7) is 1.98. The first-order valence-corrected chi connectivity index (χ1v) is 5.76. The van der Waals surface area contributed by atoms with Crippen molar-refractivity contribution >= 4 is 5.91 Å². The first kappa shape index (κ1) is 9.97. The second-order valence-corrected chi connectivity index (χ2v) is 4.66. The molecule has 1 amide bonds. The molecule has 1 saturated carbocycles. The van der Waals surface area contributed by atoms with Crippen LogP contribution in [0.3, 0.4) is 0 Å². The van der Waals surface area contributed by atoms with Gasteiger partial charge in [0.25, 0.3) is 0 Å². The van der Waals surface area contributed by atoms with Crippen molar-refractivity contribution in [3.8, 4) is 0 Å². The first-order chi connectivity index (χ1) is 6.77. The van der Waals surface area contributed by atoms with Gasteiger partial charge in [0.2, 0.25) is 5.91 Å². The summed E-state index contributed by atoms with van der Waals surface area (Å²) in [4.78, 5) is 13.8. The standard InChI is InChI=1S/C11H20N2O/c1-13(8-9-4-2-5-9)11(14)10-6-3-7-12-10/h9-10,12H,2-8H2,1H3. The third-order valence-electron chi connectivity index (χ3n) is 3.49. The fourth-order valence-electron chi connectivity index (χ4n) is 2.31. The van der Waals surface area contributed by atoms with Crippen molar-refractivity contribution in [3.63, 3.8) is 0 Å². The summed E-state index contributed by atoms with van der Waals surface area (Å²) in [7, 11) is 1.95. The molecular weight excluding hydrogens is 176 g/mol. The first-order valence-electron chi connectivity index (χ1n) is 5.76. The van der Waals surface area contributed by atoms with Gasteiger partial charge in [-0.05, 0) is 38.1 Å². The topological polar surface area (TPSA) is 32.3 Å². The summed E-state index contributed by atoms with van der Waals surface area (Å²) in [5, 5.41) is 3.26. The number of rotatable bonds is 3. The molecule has 0 radical (unpaired) electrons. The molecule has 1 heterocycles. The van der Waals surface area contributed by atoms with E-state index in [2.05, 4.69) is 5.32 Å². The quantitative estimate of drug-likeness (QED) is 0.730. The van der Waals surface area contributed by atoms with Gasteiger partial charge in [-0.3, -0.25) is 4.79 Å². The van der Waals surface area contributed by atoms with Gasteiger partial charge in [-0.25, -0.2) is 0 Å². The van der Waals surface area contributed by atoms with Crippen LogP contribution in [-0.2, 0) is 4.79 Å². The molecule has 0 aromatic heterocycles. The largest absolute Gasteiger partial charge is 0.344 e. The smallest absolute Gasteiger partial charge is 0.239 e. The molecule has 1 unspecified atom stereocenters. The Labute approximate surface area is 85.8 Å². The van der Waals surface area contributed by atoms with Gasteiger partial charge in [0.1, 0.15) is 0 Å². The summed E-state index contributed by atoms with van der Waals surface area (Å²) in [6, 6.07) is 0.111. The maximum Gasteiger partial charge on any atom is 0.239 e. The minimum absolute atomic E-state index is 0.111. The monoisotopic (exact) mass is 196 g/mol. The summed E-state index contributed by atoms with van der Waals surface area (Å²) in [6.07, 6.45) is 6.15. The molecule has 0 aromatic rings. The number of nitrogens with zero attached hydrogens (tertiary/aromatic N) is 1. The van der Waals surface area contributed by atoms with Crippen molar-refractivity contribution in [1.29, 1.82) is 0 Å². The molecule has 14 heavy (non-hydrogen) atoms. The van der Waals surface area contributed by atoms with Crippen LogP contribution in [0.25, 0.3) is 0 Å². The lowest BCUT2D eigenvalue weighted by molar-refractivity contribution is -0.132. The van der Waals surface area contributed by atoms with Crippen LogP contribution in [0.5, 0.6) is 0 Å². The molecule has 1 N–H and O–H groups in total. The van der Waals surface area contributed by atoms with E-state index in [4.69, 9.17) is 0 Å². The predicted octanol–water partition coefficient (Wildman–Crippen LogP) is 0.997. The van der Waals surface area contributed by atoms with Crippen molar-refractivity contribution < 1.29 is 4.79 Å². The molecule has 1 aliphatic heterocycles. The number of likely N-dealkylation sites (N-methyl/N-ethyl adjacent to an activating group) is 1. The molecule has 2 rings (SSSR count). The Morgan fingerprint density at radius 1 is 1.36 bits per heavy atom. The van der Waals surface area contributed by atoms with Gasteiger partial charge in [0.05, 0.1) is 6.04 Å². The van der Waals surface area contributed by atoms with E-state index in [1.165, 1.54) is 19.3 Å². The van der Waals surface area contributed by atoms with Gasteiger partial charge in [-0.2, -0.15) is 0 Å².